The average molecular weight is 298 g/mol. The van der Waals surface area contributed by atoms with Gasteiger partial charge in [0, 0.05) is 18.8 Å². The minimum Gasteiger partial charge on any atom is -0.384 e. The van der Waals surface area contributed by atoms with Gasteiger partial charge in [-0.2, -0.15) is 0 Å². The molecule has 1 aromatic rings. The van der Waals surface area contributed by atoms with Crippen molar-refractivity contribution in [2.45, 2.75) is 51.7 Å². The zero-order valence-electron chi connectivity index (χ0n) is 12.4. The van der Waals surface area contributed by atoms with Gasteiger partial charge in [-0.25, -0.2) is 4.98 Å². The second-order valence-electron chi connectivity index (χ2n) is 6.49. The summed E-state index contributed by atoms with van der Waals surface area (Å²) in [5.41, 5.74) is 6.48. The van der Waals surface area contributed by atoms with Crippen LogP contribution in [0.4, 0.5) is 11.5 Å². The normalized spacial score (nSPS) is 22.4. The molecule has 0 atom stereocenters. The lowest BCUT2D eigenvalue weighted by molar-refractivity contribution is -0.112. The summed E-state index contributed by atoms with van der Waals surface area (Å²) in [6, 6.07) is 1.77. The van der Waals surface area contributed by atoms with Crippen molar-refractivity contribution in [1.82, 2.24) is 4.98 Å². The largest absolute Gasteiger partial charge is 0.384 e. The predicted molar refractivity (Wildman–Crippen MR) is 84.1 cm³/mol. The maximum Gasteiger partial charge on any atom is 0.125 e. The van der Waals surface area contributed by atoms with Gasteiger partial charge in [0.05, 0.1) is 22.4 Å². The lowest BCUT2D eigenvalue weighted by atomic mass is 9.79. The van der Waals surface area contributed by atoms with Gasteiger partial charge in [-0.05, 0) is 46.0 Å². The average Bonchev–Trinajstić information content (AvgIpc) is 2.28. The van der Waals surface area contributed by atoms with Crippen LogP contribution in [0.15, 0.2) is 12.3 Å². The number of halogens is 1. The second-order valence-corrected chi connectivity index (χ2v) is 6.90. The zero-order valence-corrected chi connectivity index (χ0v) is 13.2. The summed E-state index contributed by atoms with van der Waals surface area (Å²) in [4.78, 5) is 3.94. The van der Waals surface area contributed by atoms with Crippen molar-refractivity contribution in [3.8, 4) is 0 Å². The summed E-state index contributed by atoms with van der Waals surface area (Å²) < 4.78 is 5.94. The molecule has 0 aliphatic heterocycles. The highest BCUT2D eigenvalue weighted by atomic mass is 35.5. The first-order chi connectivity index (χ1) is 9.33. The van der Waals surface area contributed by atoms with Gasteiger partial charge in [-0.3, -0.25) is 0 Å². The Balaban J connectivity index is 1.67. The van der Waals surface area contributed by atoms with E-state index in [1.54, 1.807) is 12.3 Å². The van der Waals surface area contributed by atoms with Crippen molar-refractivity contribution in [2.75, 3.05) is 17.6 Å². The maximum atomic E-state index is 6.05. The molecule has 4 nitrogen and oxygen atoms in total. The van der Waals surface area contributed by atoms with Gasteiger partial charge < -0.3 is 15.8 Å². The quantitative estimate of drug-likeness (QED) is 0.870. The van der Waals surface area contributed by atoms with Crippen LogP contribution >= 0.6 is 11.6 Å². The van der Waals surface area contributed by atoms with E-state index in [0.29, 0.717) is 16.9 Å². The fourth-order valence-corrected chi connectivity index (χ4v) is 2.68. The van der Waals surface area contributed by atoms with Gasteiger partial charge in [0.2, 0.25) is 0 Å². The molecule has 1 heterocycles. The fraction of sp³-hybridized carbons (Fsp3) is 0.667. The molecule has 2 rings (SSSR count). The lowest BCUT2D eigenvalue weighted by Crippen LogP contribution is -2.38. The Kier molecular flexibility index (Phi) is 4.76. The molecule has 112 valence electrons. The highest BCUT2D eigenvalue weighted by Gasteiger charge is 2.32. The van der Waals surface area contributed by atoms with Crippen LogP contribution in [0.5, 0.6) is 0 Å². The number of nitrogens with zero attached hydrogens (tertiary/aromatic N) is 1. The first-order valence-corrected chi connectivity index (χ1v) is 7.54. The van der Waals surface area contributed by atoms with E-state index in [0.717, 1.165) is 37.4 Å². The zero-order chi connectivity index (χ0) is 14.8. The van der Waals surface area contributed by atoms with Gasteiger partial charge in [-0.1, -0.05) is 11.6 Å². The van der Waals surface area contributed by atoms with Crippen LogP contribution in [0.2, 0.25) is 5.02 Å². The van der Waals surface area contributed by atoms with E-state index in [-0.39, 0.29) is 5.60 Å². The first-order valence-electron chi connectivity index (χ1n) is 7.16. The van der Waals surface area contributed by atoms with Crippen molar-refractivity contribution < 1.29 is 4.74 Å². The summed E-state index contributed by atoms with van der Waals surface area (Å²) in [6.07, 6.45) is 5.45. The Morgan fingerprint density at radius 2 is 2.15 bits per heavy atom. The number of rotatable bonds is 5. The maximum absolute atomic E-state index is 6.05. The van der Waals surface area contributed by atoms with Gasteiger partial charge >= 0.3 is 0 Å². The molecule has 1 aromatic heterocycles. The molecular formula is C15H24ClN3O. The Morgan fingerprint density at radius 1 is 1.45 bits per heavy atom. The van der Waals surface area contributed by atoms with Crippen LogP contribution in [-0.4, -0.2) is 23.2 Å². The molecule has 20 heavy (non-hydrogen) atoms. The first kappa shape index (κ1) is 15.4. The molecule has 5 heteroatoms. The van der Waals surface area contributed by atoms with Gasteiger partial charge in [0.15, 0.2) is 0 Å². The number of nitrogen functional groups attached to an aromatic ring is 1. The van der Waals surface area contributed by atoms with Crippen molar-refractivity contribution in [3.63, 3.8) is 0 Å². The van der Waals surface area contributed by atoms with E-state index in [1.807, 2.05) is 0 Å². The number of anilines is 2. The molecule has 1 aliphatic carbocycles. The molecule has 1 fully saturated rings. The number of nitrogens with two attached hydrogens (primary N) is 1. The van der Waals surface area contributed by atoms with Crippen LogP contribution in [0.1, 0.15) is 40.0 Å². The Bertz CT molecular complexity index is 453. The highest BCUT2D eigenvalue weighted by molar-refractivity contribution is 6.33. The van der Waals surface area contributed by atoms with Crippen molar-refractivity contribution in [1.29, 1.82) is 0 Å². The molecule has 1 saturated carbocycles. The Labute approximate surface area is 126 Å². The van der Waals surface area contributed by atoms with Crippen LogP contribution in [-0.2, 0) is 4.74 Å². The summed E-state index contributed by atoms with van der Waals surface area (Å²) >= 11 is 6.05. The highest BCUT2D eigenvalue weighted by Crippen LogP contribution is 2.35. The molecule has 1 aliphatic rings. The van der Waals surface area contributed by atoms with E-state index < -0.39 is 0 Å². The van der Waals surface area contributed by atoms with Crippen molar-refractivity contribution in [2.24, 2.45) is 5.92 Å². The summed E-state index contributed by atoms with van der Waals surface area (Å²) in [6.45, 7) is 7.23. The number of hydrogen-bond acceptors (Lipinski definition) is 4. The molecule has 0 amide bonds. The monoisotopic (exact) mass is 297 g/mol. The lowest BCUT2D eigenvalue weighted by Gasteiger charge is -2.39. The predicted octanol–water partition coefficient (Wildman–Crippen LogP) is 3.71. The van der Waals surface area contributed by atoms with E-state index in [9.17, 15) is 0 Å². The third kappa shape index (κ3) is 4.53. The standard InChI is InChI=1S/C15H24ClN3O/c1-15(2,3)20-11-6-10(7-11)4-5-18-13-8-14(17)19-9-12(13)16/h8-11H,4-7H2,1-3H3,(H3,17,18,19). The topological polar surface area (TPSA) is 60.2 Å². The van der Waals surface area contributed by atoms with Crippen LogP contribution < -0.4 is 11.1 Å². The Morgan fingerprint density at radius 3 is 2.80 bits per heavy atom. The van der Waals surface area contributed by atoms with Gasteiger partial charge in [-0.15, -0.1) is 0 Å². The SMILES string of the molecule is CC(C)(C)OC1CC(CCNc2cc(N)ncc2Cl)C1. The minimum absolute atomic E-state index is 0.0318. The molecular weight excluding hydrogens is 274 g/mol. The van der Waals surface area contributed by atoms with Crippen LogP contribution in [0.25, 0.3) is 0 Å². The summed E-state index contributed by atoms with van der Waals surface area (Å²) in [5, 5.41) is 3.94. The molecule has 3 N–H and O–H groups in total. The van der Waals surface area contributed by atoms with Gasteiger partial charge in [0.1, 0.15) is 5.82 Å². The third-order valence-electron chi connectivity index (χ3n) is 3.46. The van der Waals surface area contributed by atoms with E-state index in [4.69, 9.17) is 22.1 Å². The number of nitrogens with one attached hydrogen (secondary N) is 1. The fourth-order valence-electron chi connectivity index (χ4n) is 2.51. The molecule has 0 aromatic carbocycles. The Hall–Kier alpha value is -1.00. The summed E-state index contributed by atoms with van der Waals surface area (Å²) in [5.74, 6) is 1.23. The van der Waals surface area contributed by atoms with Gasteiger partial charge in [0.25, 0.3) is 0 Å². The molecule has 0 unspecified atom stereocenters. The molecule has 0 spiro atoms. The second kappa shape index (κ2) is 6.19. The van der Waals surface area contributed by atoms with Crippen molar-refractivity contribution in [3.05, 3.63) is 17.3 Å². The number of ether oxygens (including phenoxy) is 1. The minimum atomic E-state index is -0.0318. The number of hydrogen-bond donors (Lipinski definition) is 2. The number of pyridine rings is 1. The van der Waals surface area contributed by atoms with Crippen LogP contribution in [0.3, 0.4) is 0 Å². The van der Waals surface area contributed by atoms with Crippen LogP contribution in [0, 0.1) is 5.92 Å². The molecule has 0 bridgehead atoms. The van der Waals surface area contributed by atoms with Crippen molar-refractivity contribution >= 4 is 23.1 Å². The van der Waals surface area contributed by atoms with E-state index in [1.165, 1.54) is 0 Å². The number of aromatic nitrogens is 1. The summed E-state index contributed by atoms with van der Waals surface area (Å²) in [7, 11) is 0. The van der Waals surface area contributed by atoms with E-state index in [2.05, 4.69) is 31.1 Å². The molecule has 0 saturated heterocycles. The third-order valence-corrected chi connectivity index (χ3v) is 3.76. The van der Waals surface area contributed by atoms with E-state index >= 15 is 0 Å². The smallest absolute Gasteiger partial charge is 0.125 e. The molecule has 0 radical (unpaired) electrons.